The van der Waals surface area contributed by atoms with Crippen LogP contribution in [0.3, 0.4) is 0 Å². The summed E-state index contributed by atoms with van der Waals surface area (Å²) in [5, 5.41) is 0. The van der Waals surface area contributed by atoms with E-state index in [4.69, 9.17) is 5.73 Å². The lowest BCUT2D eigenvalue weighted by Crippen LogP contribution is -2.45. The molecule has 1 aliphatic rings. The van der Waals surface area contributed by atoms with Crippen molar-refractivity contribution < 1.29 is 18.0 Å². The summed E-state index contributed by atoms with van der Waals surface area (Å²) < 4.78 is 40.2. The van der Waals surface area contributed by atoms with Gasteiger partial charge < -0.3 is 5.73 Å². The molecule has 0 saturated heterocycles. The van der Waals surface area contributed by atoms with E-state index in [1.54, 1.807) is 43.3 Å². The third-order valence-corrected chi connectivity index (χ3v) is 4.57. The van der Waals surface area contributed by atoms with Gasteiger partial charge in [0.1, 0.15) is 5.82 Å². The molecule has 5 heteroatoms. The normalized spacial score (nSPS) is 16.9. The van der Waals surface area contributed by atoms with Crippen LogP contribution in [0.1, 0.15) is 46.8 Å². The molecule has 0 heterocycles. The number of rotatable bonds is 3. The number of amides is 1. The average Bonchev–Trinajstić information content (AvgIpc) is 2.51. The molecule has 2 N–H and O–H groups in total. The van der Waals surface area contributed by atoms with Crippen molar-refractivity contribution in [3.8, 4) is 11.8 Å². The highest BCUT2D eigenvalue weighted by Gasteiger charge is 2.53. The Morgan fingerprint density at radius 1 is 1.15 bits per heavy atom. The summed E-state index contributed by atoms with van der Waals surface area (Å²) in [7, 11) is 0. The van der Waals surface area contributed by atoms with E-state index in [9.17, 15) is 18.0 Å². The number of nitrogens with two attached hydrogens (primary N) is 1. The fraction of sp³-hybridized carbons (Fsp3) is 0.286. The van der Waals surface area contributed by atoms with Crippen LogP contribution in [0, 0.1) is 23.1 Å². The summed E-state index contributed by atoms with van der Waals surface area (Å²) in [5.41, 5.74) is 6.56. The summed E-state index contributed by atoms with van der Waals surface area (Å²) >= 11 is 0. The minimum atomic E-state index is -2.65. The SMILES string of the molecule is CC1(Cc2cc(C#Cc3ccccc3F)ccc2C(N)=O)CC(F)(F)C1. The summed E-state index contributed by atoms with van der Waals surface area (Å²) in [6.45, 7) is 1.77. The third-order valence-electron chi connectivity index (χ3n) is 4.57. The zero-order chi connectivity index (χ0) is 18.9. The Balaban J connectivity index is 1.90. The lowest BCUT2D eigenvalue weighted by atomic mass is 9.64. The van der Waals surface area contributed by atoms with Crippen LogP contribution in [0.15, 0.2) is 42.5 Å². The van der Waals surface area contributed by atoms with E-state index in [0.717, 1.165) is 0 Å². The number of hydrogen-bond donors (Lipinski definition) is 1. The first-order valence-electron chi connectivity index (χ1n) is 8.25. The van der Waals surface area contributed by atoms with Crippen molar-refractivity contribution in [1.82, 2.24) is 0 Å². The Bertz CT molecular complexity index is 916. The van der Waals surface area contributed by atoms with Crippen LogP contribution in [0.2, 0.25) is 0 Å². The van der Waals surface area contributed by atoms with Gasteiger partial charge in [0.05, 0.1) is 5.56 Å². The molecular formula is C21H18F3NO. The molecule has 0 bridgehead atoms. The molecule has 0 spiro atoms. The van der Waals surface area contributed by atoms with Crippen LogP contribution in [-0.2, 0) is 6.42 Å². The maximum absolute atomic E-state index is 13.7. The molecule has 1 saturated carbocycles. The van der Waals surface area contributed by atoms with Crippen LogP contribution >= 0.6 is 0 Å². The van der Waals surface area contributed by atoms with Crippen LogP contribution in [-0.4, -0.2) is 11.8 Å². The first-order valence-corrected chi connectivity index (χ1v) is 8.25. The average molecular weight is 357 g/mol. The molecule has 2 aromatic rings. The smallest absolute Gasteiger partial charge is 0.249 e. The molecule has 2 aromatic carbocycles. The number of halogens is 3. The number of alkyl halides is 2. The fourth-order valence-corrected chi connectivity index (χ4v) is 3.54. The van der Waals surface area contributed by atoms with Gasteiger partial charge in [-0.05, 0) is 47.7 Å². The molecule has 3 rings (SSSR count). The van der Waals surface area contributed by atoms with Crippen LogP contribution in [0.5, 0.6) is 0 Å². The summed E-state index contributed by atoms with van der Waals surface area (Å²) in [6, 6.07) is 11.0. The van der Waals surface area contributed by atoms with Gasteiger partial charge in [-0.1, -0.05) is 30.9 Å². The van der Waals surface area contributed by atoms with E-state index in [0.29, 0.717) is 23.1 Å². The summed E-state index contributed by atoms with van der Waals surface area (Å²) in [4.78, 5) is 11.7. The van der Waals surface area contributed by atoms with Crippen molar-refractivity contribution in [2.45, 2.75) is 32.1 Å². The highest BCUT2D eigenvalue weighted by Crippen LogP contribution is 2.53. The summed E-state index contributed by atoms with van der Waals surface area (Å²) in [6.07, 6.45) is -0.122. The van der Waals surface area contributed by atoms with Crippen molar-refractivity contribution in [1.29, 1.82) is 0 Å². The fourth-order valence-electron chi connectivity index (χ4n) is 3.54. The monoisotopic (exact) mass is 357 g/mol. The second kappa shape index (κ2) is 6.53. The van der Waals surface area contributed by atoms with E-state index in [2.05, 4.69) is 11.8 Å². The van der Waals surface area contributed by atoms with E-state index in [1.807, 2.05) is 0 Å². The molecule has 26 heavy (non-hydrogen) atoms. The molecule has 0 radical (unpaired) electrons. The highest BCUT2D eigenvalue weighted by molar-refractivity contribution is 5.94. The van der Waals surface area contributed by atoms with E-state index < -0.39 is 23.1 Å². The number of benzene rings is 2. The lowest BCUT2D eigenvalue weighted by molar-refractivity contribution is -0.153. The third kappa shape index (κ3) is 3.91. The minimum absolute atomic E-state index is 0.219. The van der Waals surface area contributed by atoms with Gasteiger partial charge in [0.25, 0.3) is 0 Å². The minimum Gasteiger partial charge on any atom is -0.366 e. The van der Waals surface area contributed by atoms with Gasteiger partial charge in [-0.15, -0.1) is 0 Å². The Kier molecular flexibility index (Phi) is 4.53. The number of primary amides is 1. The van der Waals surface area contributed by atoms with E-state index in [1.165, 1.54) is 6.07 Å². The van der Waals surface area contributed by atoms with Gasteiger partial charge in [0, 0.05) is 24.0 Å². The largest absolute Gasteiger partial charge is 0.366 e. The molecule has 1 aliphatic carbocycles. The van der Waals surface area contributed by atoms with Gasteiger partial charge >= 0.3 is 0 Å². The zero-order valence-corrected chi connectivity index (χ0v) is 14.3. The van der Waals surface area contributed by atoms with Crippen molar-refractivity contribution in [2.24, 2.45) is 11.1 Å². The zero-order valence-electron chi connectivity index (χ0n) is 14.3. The molecule has 2 nitrogen and oxygen atoms in total. The lowest BCUT2D eigenvalue weighted by Gasteiger charge is -2.45. The van der Waals surface area contributed by atoms with E-state index >= 15 is 0 Å². The predicted octanol–water partition coefficient (Wildman–Crippen LogP) is 4.30. The van der Waals surface area contributed by atoms with E-state index in [-0.39, 0.29) is 18.4 Å². The number of carbonyl (C=O) groups excluding carboxylic acids is 1. The molecule has 1 amide bonds. The number of hydrogen-bond acceptors (Lipinski definition) is 1. The van der Waals surface area contributed by atoms with Crippen molar-refractivity contribution in [3.05, 3.63) is 70.5 Å². The molecule has 134 valence electrons. The Morgan fingerprint density at radius 2 is 1.85 bits per heavy atom. The maximum Gasteiger partial charge on any atom is 0.249 e. The first-order chi connectivity index (χ1) is 12.2. The number of carbonyl (C=O) groups is 1. The second-order valence-electron chi connectivity index (χ2n) is 7.16. The first kappa shape index (κ1) is 18.1. The van der Waals surface area contributed by atoms with Crippen LogP contribution in [0.4, 0.5) is 13.2 Å². The van der Waals surface area contributed by atoms with Gasteiger partial charge in [0.2, 0.25) is 11.8 Å². The van der Waals surface area contributed by atoms with Gasteiger partial charge in [-0.25, -0.2) is 13.2 Å². The van der Waals surface area contributed by atoms with Gasteiger partial charge in [0.15, 0.2) is 0 Å². The Labute approximate surface area is 150 Å². The van der Waals surface area contributed by atoms with Crippen LogP contribution in [0.25, 0.3) is 0 Å². The predicted molar refractivity (Wildman–Crippen MR) is 93.3 cm³/mol. The van der Waals surface area contributed by atoms with Gasteiger partial charge in [-0.2, -0.15) is 0 Å². The van der Waals surface area contributed by atoms with Crippen molar-refractivity contribution >= 4 is 5.91 Å². The Morgan fingerprint density at radius 3 is 2.46 bits per heavy atom. The Hall–Kier alpha value is -2.74. The molecule has 0 unspecified atom stereocenters. The molecule has 0 aliphatic heterocycles. The van der Waals surface area contributed by atoms with Crippen molar-refractivity contribution in [2.75, 3.05) is 0 Å². The second-order valence-corrected chi connectivity index (χ2v) is 7.16. The van der Waals surface area contributed by atoms with Gasteiger partial charge in [-0.3, -0.25) is 4.79 Å². The molecular weight excluding hydrogens is 339 g/mol. The summed E-state index contributed by atoms with van der Waals surface area (Å²) in [5.74, 6) is 1.93. The standard InChI is InChI=1S/C21H18F3NO/c1-20(12-21(23,24)13-20)11-16-10-14(7-9-17(16)19(25)26)6-8-15-4-2-3-5-18(15)22/h2-5,7,9-10H,11-13H2,1H3,(H2,25,26). The molecule has 1 fully saturated rings. The van der Waals surface area contributed by atoms with Crippen LogP contribution < -0.4 is 5.73 Å². The molecule has 0 atom stereocenters. The quantitative estimate of drug-likeness (QED) is 0.818. The topological polar surface area (TPSA) is 43.1 Å². The molecule has 0 aromatic heterocycles. The van der Waals surface area contributed by atoms with Crippen molar-refractivity contribution in [3.63, 3.8) is 0 Å². The highest BCUT2D eigenvalue weighted by atomic mass is 19.3. The maximum atomic E-state index is 13.7.